The molecular weight excluding hydrogens is 281 g/mol. The molecule has 3 nitrogen and oxygen atoms in total. The van der Waals surface area contributed by atoms with Gasteiger partial charge in [0.15, 0.2) is 0 Å². The van der Waals surface area contributed by atoms with E-state index >= 15 is 0 Å². The number of nitrogens with one attached hydrogen (secondary N) is 1. The molecule has 80 valence electrons. The van der Waals surface area contributed by atoms with Crippen LogP contribution in [0.4, 0.5) is 4.79 Å². The molecule has 1 aromatic rings. The molecule has 0 aliphatic carbocycles. The summed E-state index contributed by atoms with van der Waals surface area (Å²) in [5, 5.41) is 3.35. The Balaban J connectivity index is 2.41. The Kier molecular flexibility index (Phi) is 2.64. The summed E-state index contributed by atoms with van der Waals surface area (Å²) in [6.07, 6.45) is -0.406. The third kappa shape index (κ3) is 1.96. The van der Waals surface area contributed by atoms with Gasteiger partial charge >= 0.3 is 6.09 Å². The average Bonchev–Trinajstić information content (AvgIpc) is 2.46. The van der Waals surface area contributed by atoms with Crippen molar-refractivity contribution < 1.29 is 9.53 Å². The third-order valence-corrected chi connectivity index (χ3v) is 3.20. The van der Waals surface area contributed by atoms with E-state index in [1.165, 1.54) is 0 Å². The molecule has 15 heavy (non-hydrogen) atoms. The highest BCUT2D eigenvalue weighted by atomic mass is 79.9. The van der Waals surface area contributed by atoms with Crippen molar-refractivity contribution in [3.63, 3.8) is 0 Å². The Morgan fingerprint density at radius 2 is 2.33 bits per heavy atom. The van der Waals surface area contributed by atoms with E-state index in [-0.39, 0.29) is 0 Å². The first-order valence-corrected chi connectivity index (χ1v) is 5.59. The normalized spacial score (nSPS) is 24.9. The largest absolute Gasteiger partial charge is 0.447 e. The van der Waals surface area contributed by atoms with Gasteiger partial charge in [-0.05, 0) is 24.6 Å². The maximum Gasteiger partial charge on any atom is 0.408 e. The number of alkyl carbamates (subject to hydrolysis) is 1. The summed E-state index contributed by atoms with van der Waals surface area (Å²) >= 11 is 9.44. The molecule has 1 heterocycles. The molecule has 1 amide bonds. The quantitative estimate of drug-likeness (QED) is 0.863. The molecule has 1 aliphatic rings. The van der Waals surface area contributed by atoms with Crippen LogP contribution in [0.5, 0.6) is 0 Å². The van der Waals surface area contributed by atoms with Gasteiger partial charge in [0.05, 0.1) is 0 Å². The number of halogens is 2. The van der Waals surface area contributed by atoms with Gasteiger partial charge in [0.25, 0.3) is 0 Å². The van der Waals surface area contributed by atoms with Crippen molar-refractivity contribution in [1.29, 1.82) is 0 Å². The fraction of sp³-hybridized carbons (Fsp3) is 0.300. The average molecular weight is 291 g/mol. The lowest BCUT2D eigenvalue weighted by Crippen LogP contribution is -2.37. The van der Waals surface area contributed by atoms with Crippen molar-refractivity contribution in [3.05, 3.63) is 33.3 Å². The van der Waals surface area contributed by atoms with Crippen LogP contribution in [-0.2, 0) is 10.3 Å². The first-order chi connectivity index (χ1) is 7.01. The molecule has 1 fully saturated rings. The first-order valence-electron chi connectivity index (χ1n) is 4.42. The molecule has 5 heteroatoms. The highest BCUT2D eigenvalue weighted by Gasteiger charge is 2.37. The molecule has 0 aromatic heterocycles. The highest BCUT2D eigenvalue weighted by Crippen LogP contribution is 2.32. The van der Waals surface area contributed by atoms with E-state index in [4.69, 9.17) is 16.3 Å². The molecule has 1 unspecified atom stereocenters. The Morgan fingerprint density at radius 1 is 1.60 bits per heavy atom. The van der Waals surface area contributed by atoms with Crippen LogP contribution in [0.3, 0.4) is 0 Å². The van der Waals surface area contributed by atoms with Crippen molar-refractivity contribution in [1.82, 2.24) is 5.32 Å². The SMILES string of the molecule is CC1(c2ccc(Br)cc2Cl)COC(=O)N1. The molecule has 1 saturated heterocycles. The van der Waals surface area contributed by atoms with E-state index in [0.29, 0.717) is 11.6 Å². The van der Waals surface area contributed by atoms with Gasteiger partial charge in [0.1, 0.15) is 12.1 Å². The van der Waals surface area contributed by atoms with Crippen LogP contribution in [0.2, 0.25) is 5.02 Å². The summed E-state index contributed by atoms with van der Waals surface area (Å²) in [6.45, 7) is 2.18. The van der Waals surface area contributed by atoms with Gasteiger partial charge in [0.2, 0.25) is 0 Å². The summed E-state index contributed by atoms with van der Waals surface area (Å²) in [4.78, 5) is 11.0. The van der Waals surface area contributed by atoms with Crippen molar-refractivity contribution in [2.45, 2.75) is 12.5 Å². The zero-order valence-corrected chi connectivity index (χ0v) is 10.4. The Hall–Kier alpha value is -0.740. The summed E-state index contributed by atoms with van der Waals surface area (Å²) in [5.74, 6) is 0. The maximum absolute atomic E-state index is 11.0. The van der Waals surface area contributed by atoms with Crippen LogP contribution in [0, 0.1) is 0 Å². The van der Waals surface area contributed by atoms with Crippen LogP contribution >= 0.6 is 27.5 Å². The Morgan fingerprint density at radius 3 is 2.87 bits per heavy atom. The van der Waals surface area contributed by atoms with Gasteiger partial charge in [-0.3, -0.25) is 0 Å². The maximum atomic E-state index is 11.0. The van der Waals surface area contributed by atoms with E-state index in [9.17, 15) is 4.79 Å². The molecule has 2 rings (SSSR count). The predicted octanol–water partition coefficient (Wildman–Crippen LogP) is 3.06. The molecular formula is C10H9BrClNO2. The second-order valence-corrected chi connectivity index (χ2v) is 4.98. The summed E-state index contributed by atoms with van der Waals surface area (Å²) < 4.78 is 5.80. The van der Waals surface area contributed by atoms with E-state index in [1.54, 1.807) is 6.07 Å². The number of amides is 1. The summed E-state index contributed by atoms with van der Waals surface area (Å²) in [7, 11) is 0. The van der Waals surface area contributed by atoms with Gasteiger partial charge in [-0.25, -0.2) is 4.79 Å². The minimum Gasteiger partial charge on any atom is -0.447 e. The standard InChI is InChI=1S/C10H9BrClNO2/c1-10(5-15-9(14)13-10)7-3-2-6(11)4-8(7)12/h2-4H,5H2,1H3,(H,13,14). The third-order valence-electron chi connectivity index (χ3n) is 2.40. The molecule has 0 radical (unpaired) electrons. The van der Waals surface area contributed by atoms with Crippen LogP contribution in [0.25, 0.3) is 0 Å². The lowest BCUT2D eigenvalue weighted by atomic mass is 9.94. The second-order valence-electron chi connectivity index (χ2n) is 3.66. The smallest absolute Gasteiger partial charge is 0.408 e. The van der Waals surface area contributed by atoms with E-state index in [1.807, 2.05) is 19.1 Å². The molecule has 1 aliphatic heterocycles. The predicted molar refractivity (Wildman–Crippen MR) is 61.0 cm³/mol. The number of benzene rings is 1. The summed E-state index contributed by atoms with van der Waals surface area (Å²) in [6, 6.07) is 5.56. The topological polar surface area (TPSA) is 38.3 Å². The van der Waals surface area contributed by atoms with E-state index in [2.05, 4.69) is 21.2 Å². The Labute approximate surface area is 101 Å². The van der Waals surface area contributed by atoms with Crippen LogP contribution in [-0.4, -0.2) is 12.7 Å². The van der Waals surface area contributed by atoms with Crippen molar-refractivity contribution in [3.8, 4) is 0 Å². The van der Waals surface area contributed by atoms with Gasteiger partial charge in [-0.2, -0.15) is 0 Å². The highest BCUT2D eigenvalue weighted by molar-refractivity contribution is 9.10. The number of hydrogen-bond donors (Lipinski definition) is 1. The number of ether oxygens (including phenoxy) is 1. The van der Waals surface area contributed by atoms with Gasteiger partial charge in [-0.1, -0.05) is 33.6 Å². The molecule has 1 aromatic carbocycles. The molecule has 1 atom stereocenters. The molecule has 1 N–H and O–H groups in total. The monoisotopic (exact) mass is 289 g/mol. The number of rotatable bonds is 1. The van der Waals surface area contributed by atoms with Crippen LogP contribution < -0.4 is 5.32 Å². The van der Waals surface area contributed by atoms with Gasteiger partial charge < -0.3 is 10.1 Å². The van der Waals surface area contributed by atoms with Crippen molar-refractivity contribution >= 4 is 33.6 Å². The van der Waals surface area contributed by atoms with Crippen LogP contribution in [0.15, 0.2) is 22.7 Å². The fourth-order valence-electron chi connectivity index (χ4n) is 1.59. The zero-order chi connectivity index (χ0) is 11.1. The lowest BCUT2D eigenvalue weighted by molar-refractivity contribution is 0.173. The van der Waals surface area contributed by atoms with Crippen molar-refractivity contribution in [2.75, 3.05) is 6.61 Å². The van der Waals surface area contributed by atoms with Crippen LogP contribution in [0.1, 0.15) is 12.5 Å². The van der Waals surface area contributed by atoms with Gasteiger partial charge in [-0.15, -0.1) is 0 Å². The molecule has 0 spiro atoms. The minimum absolute atomic E-state index is 0.299. The fourth-order valence-corrected chi connectivity index (χ4v) is 2.47. The van der Waals surface area contributed by atoms with Crippen molar-refractivity contribution in [2.24, 2.45) is 0 Å². The zero-order valence-electron chi connectivity index (χ0n) is 8.01. The first kappa shape index (κ1) is 10.8. The number of cyclic esters (lactones) is 1. The summed E-state index contributed by atoms with van der Waals surface area (Å²) in [5.41, 5.74) is 0.327. The number of carbonyl (C=O) groups excluding carboxylic acids is 1. The lowest BCUT2D eigenvalue weighted by Gasteiger charge is -2.22. The number of hydrogen-bond acceptors (Lipinski definition) is 2. The van der Waals surface area contributed by atoms with E-state index < -0.39 is 11.6 Å². The van der Waals surface area contributed by atoms with E-state index in [0.717, 1.165) is 10.0 Å². The molecule has 0 bridgehead atoms. The Bertz CT molecular complexity index is 424. The van der Waals surface area contributed by atoms with Gasteiger partial charge in [0, 0.05) is 9.50 Å². The molecule has 0 saturated carbocycles. The number of carbonyl (C=O) groups is 1. The minimum atomic E-state index is -0.533. The second kappa shape index (κ2) is 3.68.